The Labute approximate surface area is 224 Å². The summed E-state index contributed by atoms with van der Waals surface area (Å²) in [5.41, 5.74) is -0.938. The monoisotopic (exact) mass is 566 g/mol. The molecule has 2 aromatic carbocycles. The van der Waals surface area contributed by atoms with E-state index < -0.39 is 56.5 Å². The van der Waals surface area contributed by atoms with Gasteiger partial charge in [-0.25, -0.2) is 12.8 Å². The van der Waals surface area contributed by atoms with Crippen molar-refractivity contribution in [1.82, 2.24) is 10.2 Å². The van der Waals surface area contributed by atoms with Gasteiger partial charge in [-0.1, -0.05) is 19.1 Å². The molecule has 2 aromatic rings. The van der Waals surface area contributed by atoms with Crippen LogP contribution in [0.2, 0.25) is 0 Å². The summed E-state index contributed by atoms with van der Waals surface area (Å²) >= 11 is 0. The van der Waals surface area contributed by atoms with Crippen LogP contribution >= 0.6 is 0 Å². The number of hydrogen-bond donors (Lipinski definition) is 1. The Bertz CT molecular complexity index is 1390. The molecule has 2 saturated carbocycles. The molecule has 1 N–H and O–H groups in total. The predicted molar refractivity (Wildman–Crippen MR) is 135 cm³/mol. The van der Waals surface area contributed by atoms with Gasteiger partial charge in [-0.3, -0.25) is 9.59 Å². The van der Waals surface area contributed by atoms with E-state index in [2.05, 4.69) is 5.32 Å². The highest BCUT2D eigenvalue weighted by atomic mass is 32.2. The molecule has 3 aliphatic rings. The third-order valence-electron chi connectivity index (χ3n) is 7.93. The minimum Gasteiger partial charge on any atom is -0.347 e. The van der Waals surface area contributed by atoms with Gasteiger partial charge in [-0.15, -0.1) is 0 Å². The van der Waals surface area contributed by atoms with Crippen LogP contribution in [0.4, 0.5) is 17.6 Å². The average molecular weight is 567 g/mol. The van der Waals surface area contributed by atoms with Gasteiger partial charge >= 0.3 is 6.18 Å². The lowest BCUT2D eigenvalue weighted by atomic mass is 9.99. The highest BCUT2D eigenvalue weighted by Gasteiger charge is 2.44. The number of sulfone groups is 1. The van der Waals surface area contributed by atoms with E-state index in [1.165, 1.54) is 35.2 Å². The van der Waals surface area contributed by atoms with Crippen LogP contribution in [0.1, 0.15) is 79.4 Å². The largest absolute Gasteiger partial charge is 0.419 e. The highest BCUT2D eigenvalue weighted by Crippen LogP contribution is 2.43. The molecule has 5 rings (SSSR count). The average Bonchev–Trinajstić information content (AvgIpc) is 3.82. The first-order valence-corrected chi connectivity index (χ1v) is 14.8. The number of halogens is 4. The van der Waals surface area contributed by atoms with Gasteiger partial charge in [0.25, 0.3) is 5.91 Å². The molecule has 210 valence electrons. The van der Waals surface area contributed by atoms with Crippen molar-refractivity contribution in [1.29, 1.82) is 0 Å². The number of benzene rings is 2. The zero-order valence-electron chi connectivity index (χ0n) is 21.4. The highest BCUT2D eigenvalue weighted by molar-refractivity contribution is 7.92. The Morgan fingerprint density at radius 2 is 1.74 bits per heavy atom. The van der Waals surface area contributed by atoms with E-state index in [0.29, 0.717) is 38.2 Å². The molecule has 0 spiro atoms. The van der Waals surface area contributed by atoms with E-state index in [1.54, 1.807) is 0 Å². The summed E-state index contributed by atoms with van der Waals surface area (Å²) in [7, 11) is -3.51. The lowest BCUT2D eigenvalue weighted by Crippen LogP contribution is -2.49. The van der Waals surface area contributed by atoms with E-state index in [0.717, 1.165) is 18.9 Å². The maximum atomic E-state index is 14.3. The van der Waals surface area contributed by atoms with Crippen molar-refractivity contribution >= 4 is 21.7 Å². The molecule has 1 aliphatic heterocycles. The predicted octanol–water partition coefficient (Wildman–Crippen LogP) is 5.43. The molecule has 1 unspecified atom stereocenters. The van der Waals surface area contributed by atoms with Gasteiger partial charge in [-0.2, -0.15) is 13.2 Å². The molecule has 3 atom stereocenters. The zero-order valence-corrected chi connectivity index (χ0v) is 22.2. The van der Waals surface area contributed by atoms with Gasteiger partial charge in [0.2, 0.25) is 5.91 Å². The molecular formula is C28H30F4N2O4S. The summed E-state index contributed by atoms with van der Waals surface area (Å²) in [6, 6.07) is 6.84. The minimum absolute atomic E-state index is 0.0399. The lowest BCUT2D eigenvalue weighted by Gasteiger charge is -2.31. The number of amides is 2. The first-order valence-electron chi connectivity index (χ1n) is 13.3. The van der Waals surface area contributed by atoms with Gasteiger partial charge in [0, 0.05) is 11.6 Å². The number of nitrogens with one attached hydrogen (secondary N) is 1. The molecule has 3 fully saturated rings. The van der Waals surface area contributed by atoms with E-state index in [9.17, 15) is 35.6 Å². The molecule has 1 heterocycles. The fourth-order valence-electron chi connectivity index (χ4n) is 5.48. The number of carbonyl (C=O) groups is 2. The molecule has 39 heavy (non-hydrogen) atoms. The molecule has 6 nitrogen and oxygen atoms in total. The second-order valence-corrected chi connectivity index (χ2v) is 12.9. The SMILES string of the molecule is CC[C@@H]1CC[C@H](C(=O)NC(c2ccc(C(F)(F)F)c(F)c2)C2CC2)N1C(=O)c1cccc(S(=O)(=O)C2CC2)c1. The Kier molecular flexibility index (Phi) is 7.24. The third-order valence-corrected chi connectivity index (χ3v) is 10.2. The Hall–Kier alpha value is -2.95. The minimum atomic E-state index is -4.82. The number of alkyl halides is 3. The molecule has 2 amide bonds. The van der Waals surface area contributed by atoms with Gasteiger partial charge < -0.3 is 10.2 Å². The summed E-state index contributed by atoms with van der Waals surface area (Å²) < 4.78 is 78.9. The van der Waals surface area contributed by atoms with E-state index in [1.807, 2.05) is 6.92 Å². The van der Waals surface area contributed by atoms with Crippen LogP contribution in [-0.2, 0) is 20.8 Å². The Balaban J connectivity index is 1.38. The van der Waals surface area contributed by atoms with Crippen LogP contribution in [0, 0.1) is 11.7 Å². The molecule has 0 bridgehead atoms. The van der Waals surface area contributed by atoms with Gasteiger partial charge in [0.1, 0.15) is 11.9 Å². The summed E-state index contributed by atoms with van der Waals surface area (Å²) in [4.78, 5) is 28.8. The van der Waals surface area contributed by atoms with Gasteiger partial charge in [0.15, 0.2) is 9.84 Å². The number of likely N-dealkylation sites (tertiary alicyclic amines) is 1. The number of hydrogen-bond acceptors (Lipinski definition) is 4. The zero-order chi connectivity index (χ0) is 28.1. The van der Waals surface area contributed by atoms with Crippen molar-refractivity contribution in [3.05, 3.63) is 65.0 Å². The fourth-order valence-corrected chi connectivity index (χ4v) is 7.18. The number of nitrogens with zero attached hydrogens (tertiary/aromatic N) is 1. The fraction of sp³-hybridized carbons (Fsp3) is 0.500. The molecule has 1 saturated heterocycles. The summed E-state index contributed by atoms with van der Waals surface area (Å²) in [6.07, 6.45) is -0.614. The number of rotatable bonds is 8. The quantitative estimate of drug-likeness (QED) is 0.432. The van der Waals surface area contributed by atoms with Crippen molar-refractivity contribution in [3.63, 3.8) is 0 Å². The maximum absolute atomic E-state index is 14.3. The topological polar surface area (TPSA) is 83.6 Å². The summed E-state index contributed by atoms with van der Waals surface area (Å²) in [5.74, 6) is -2.35. The van der Waals surface area contributed by atoms with E-state index in [4.69, 9.17) is 0 Å². The van der Waals surface area contributed by atoms with E-state index >= 15 is 0 Å². The van der Waals surface area contributed by atoms with Crippen LogP contribution in [0.15, 0.2) is 47.4 Å². The van der Waals surface area contributed by atoms with Crippen LogP contribution < -0.4 is 5.32 Å². The van der Waals surface area contributed by atoms with Crippen molar-refractivity contribution < 1.29 is 35.6 Å². The molecular weight excluding hydrogens is 536 g/mol. The summed E-state index contributed by atoms with van der Waals surface area (Å²) in [5, 5.41) is 2.46. The smallest absolute Gasteiger partial charge is 0.347 e. The van der Waals surface area contributed by atoms with Crippen molar-refractivity contribution in [2.45, 2.75) is 86.3 Å². The molecule has 2 aliphatic carbocycles. The standard InChI is InChI=1S/C28H30F4N2O4S/c1-2-19-9-13-24(34(19)27(36)18-4-3-5-21(14-18)39(37,38)20-10-11-20)26(35)33-25(16-6-7-16)17-8-12-22(23(29)15-17)28(30,31)32/h3-5,8,12,14-16,19-20,24-25H,2,6-7,9-11,13H2,1H3,(H,33,35)/t19-,24-,25?/m1/s1. The molecule has 0 radical (unpaired) electrons. The number of carbonyl (C=O) groups excluding carboxylic acids is 2. The van der Waals surface area contributed by atoms with Gasteiger partial charge in [-0.05, 0) is 86.8 Å². The van der Waals surface area contributed by atoms with Crippen molar-refractivity contribution in [2.75, 3.05) is 0 Å². The second kappa shape index (κ2) is 10.2. The Morgan fingerprint density at radius 3 is 2.33 bits per heavy atom. The van der Waals surface area contributed by atoms with Crippen LogP contribution in [0.25, 0.3) is 0 Å². The van der Waals surface area contributed by atoms with Crippen LogP contribution in [-0.4, -0.2) is 42.5 Å². The Morgan fingerprint density at radius 1 is 1.03 bits per heavy atom. The normalized spacial score (nSPS) is 22.5. The molecule has 11 heteroatoms. The van der Waals surface area contributed by atoms with Gasteiger partial charge in [0.05, 0.1) is 21.8 Å². The third kappa shape index (κ3) is 5.55. The van der Waals surface area contributed by atoms with Crippen LogP contribution in [0.3, 0.4) is 0 Å². The maximum Gasteiger partial charge on any atom is 0.419 e. The molecule has 0 aromatic heterocycles. The lowest BCUT2D eigenvalue weighted by molar-refractivity contribution is -0.140. The summed E-state index contributed by atoms with van der Waals surface area (Å²) in [6.45, 7) is 1.90. The van der Waals surface area contributed by atoms with Crippen molar-refractivity contribution in [2.24, 2.45) is 5.92 Å². The second-order valence-electron chi connectivity index (χ2n) is 10.7. The van der Waals surface area contributed by atoms with Crippen LogP contribution in [0.5, 0.6) is 0 Å². The first-order chi connectivity index (χ1) is 18.4. The van der Waals surface area contributed by atoms with Crippen molar-refractivity contribution in [3.8, 4) is 0 Å². The van der Waals surface area contributed by atoms with E-state index in [-0.39, 0.29) is 28.0 Å². The first kappa shape index (κ1) is 27.6.